The number of anilines is 1. The first-order chi connectivity index (χ1) is 19.2. The van der Waals surface area contributed by atoms with E-state index in [4.69, 9.17) is 0 Å². The van der Waals surface area contributed by atoms with Crippen LogP contribution in [0.3, 0.4) is 0 Å². The van der Waals surface area contributed by atoms with Crippen LogP contribution in [-0.4, -0.2) is 41.0 Å². The second kappa shape index (κ2) is 9.60. The van der Waals surface area contributed by atoms with Crippen LogP contribution in [0.25, 0.3) is 56.0 Å². The molecule has 1 amide bonds. The van der Waals surface area contributed by atoms with Crippen molar-refractivity contribution in [3.05, 3.63) is 72.8 Å². The molecular formula is C29H24F2N8O. The summed E-state index contributed by atoms with van der Waals surface area (Å²) in [5.41, 5.74) is 2.98. The van der Waals surface area contributed by atoms with Gasteiger partial charge in [0.05, 0.1) is 22.8 Å². The Labute approximate surface area is 227 Å². The van der Waals surface area contributed by atoms with E-state index < -0.39 is 11.6 Å². The smallest absolute Gasteiger partial charge is 0.224 e. The number of halogens is 2. The van der Waals surface area contributed by atoms with E-state index in [9.17, 15) is 9.18 Å². The third-order valence-corrected chi connectivity index (χ3v) is 6.30. The summed E-state index contributed by atoms with van der Waals surface area (Å²) in [5.74, 6) is -0.901. The Hall–Kier alpha value is -5.06. The number of nitrogens with zero attached hydrogens (tertiary/aromatic N) is 5. The largest absolute Gasteiger partial charge is 0.336 e. The third kappa shape index (κ3) is 4.66. The van der Waals surface area contributed by atoms with Gasteiger partial charge in [-0.3, -0.25) is 19.9 Å². The number of imidazole rings is 1. The first-order valence-electron chi connectivity index (χ1n) is 12.6. The predicted molar refractivity (Wildman–Crippen MR) is 148 cm³/mol. The van der Waals surface area contributed by atoms with Crippen LogP contribution in [0.15, 0.2) is 61.2 Å². The molecule has 0 bridgehead atoms. The molecule has 11 heteroatoms. The molecule has 0 unspecified atom stereocenters. The first kappa shape index (κ1) is 25.2. The van der Waals surface area contributed by atoms with Gasteiger partial charge < -0.3 is 10.3 Å². The van der Waals surface area contributed by atoms with Gasteiger partial charge in [0.1, 0.15) is 28.5 Å². The average molecular weight is 539 g/mol. The van der Waals surface area contributed by atoms with Crippen LogP contribution in [0.5, 0.6) is 0 Å². The lowest BCUT2D eigenvalue weighted by Crippen LogP contribution is -2.19. The number of pyridine rings is 3. The Kier molecular flexibility index (Phi) is 6.05. The van der Waals surface area contributed by atoms with Crippen molar-refractivity contribution in [2.75, 3.05) is 5.32 Å². The number of carbonyl (C=O) groups is 1. The molecule has 5 aromatic heterocycles. The Morgan fingerprint density at radius 3 is 2.62 bits per heavy atom. The van der Waals surface area contributed by atoms with Gasteiger partial charge in [-0.15, -0.1) is 0 Å². The second-order valence-electron chi connectivity index (χ2n) is 10.7. The molecule has 3 N–H and O–H groups in total. The van der Waals surface area contributed by atoms with E-state index in [0.717, 1.165) is 0 Å². The number of rotatable bonds is 5. The van der Waals surface area contributed by atoms with Gasteiger partial charge in [0, 0.05) is 41.7 Å². The highest BCUT2D eigenvalue weighted by Gasteiger charge is 2.22. The topological polar surface area (TPSA) is 125 Å². The average Bonchev–Trinajstić information content (AvgIpc) is 3.53. The molecule has 0 fully saturated rings. The van der Waals surface area contributed by atoms with Crippen molar-refractivity contribution in [2.24, 2.45) is 5.41 Å². The third-order valence-electron chi connectivity index (χ3n) is 6.30. The zero-order valence-electron chi connectivity index (χ0n) is 21.9. The van der Waals surface area contributed by atoms with Crippen LogP contribution in [0.1, 0.15) is 27.2 Å². The number of aromatic nitrogens is 7. The van der Waals surface area contributed by atoms with Crippen molar-refractivity contribution in [3.63, 3.8) is 0 Å². The molecule has 5 heterocycles. The standard InChI is InChI=1S/C29H24F2N8O/c1-29(2,3)11-21(40)35-16-10-15(12-32-13-16)18-14-34-27-22(23(18)31)26(38-39-27)28-36-20-8-9-33-24(25(20)37-28)17-6-4-5-7-19(17)30/h4-10,12-14H,11H2,1-3H3,(H,35,40)(H,36,37)(H,34,38,39). The maximum atomic E-state index is 16.1. The van der Waals surface area contributed by atoms with E-state index in [1.807, 2.05) is 20.8 Å². The van der Waals surface area contributed by atoms with Crippen LogP contribution in [0.4, 0.5) is 14.5 Å². The highest BCUT2D eigenvalue weighted by atomic mass is 19.1. The number of fused-ring (bicyclic) bond motifs is 2. The minimum absolute atomic E-state index is 0.124. The lowest BCUT2D eigenvalue weighted by Gasteiger charge is -2.17. The minimum Gasteiger partial charge on any atom is -0.336 e. The van der Waals surface area contributed by atoms with E-state index in [1.54, 1.807) is 36.5 Å². The molecule has 200 valence electrons. The first-order valence-corrected chi connectivity index (χ1v) is 12.6. The highest BCUT2D eigenvalue weighted by Crippen LogP contribution is 2.35. The van der Waals surface area contributed by atoms with Crippen molar-refractivity contribution in [3.8, 4) is 33.9 Å². The lowest BCUT2D eigenvalue weighted by molar-refractivity contribution is -0.117. The molecular weight excluding hydrogens is 514 g/mol. The molecule has 0 aliphatic carbocycles. The number of hydrogen-bond donors (Lipinski definition) is 3. The Morgan fingerprint density at radius 2 is 1.82 bits per heavy atom. The summed E-state index contributed by atoms with van der Waals surface area (Å²) in [6.45, 7) is 5.91. The number of amides is 1. The summed E-state index contributed by atoms with van der Waals surface area (Å²) in [4.78, 5) is 33.1. The maximum Gasteiger partial charge on any atom is 0.224 e. The summed E-state index contributed by atoms with van der Waals surface area (Å²) in [6.07, 6.45) is 6.26. The van der Waals surface area contributed by atoms with Crippen LogP contribution < -0.4 is 5.32 Å². The van der Waals surface area contributed by atoms with Gasteiger partial charge in [0.15, 0.2) is 11.5 Å². The van der Waals surface area contributed by atoms with Gasteiger partial charge in [-0.1, -0.05) is 32.9 Å². The Balaban J connectivity index is 1.41. The normalized spacial score (nSPS) is 11.8. The van der Waals surface area contributed by atoms with Gasteiger partial charge in [-0.2, -0.15) is 5.10 Å². The minimum atomic E-state index is -0.582. The molecule has 0 saturated heterocycles. The number of carbonyl (C=O) groups excluding carboxylic acids is 1. The summed E-state index contributed by atoms with van der Waals surface area (Å²) in [6, 6.07) is 9.65. The molecule has 6 aromatic rings. The molecule has 40 heavy (non-hydrogen) atoms. The van der Waals surface area contributed by atoms with E-state index in [2.05, 4.69) is 40.4 Å². The highest BCUT2D eigenvalue weighted by molar-refractivity contribution is 5.97. The molecule has 1 aromatic carbocycles. The zero-order chi connectivity index (χ0) is 28.0. The summed E-state index contributed by atoms with van der Waals surface area (Å²) < 4.78 is 30.6. The van der Waals surface area contributed by atoms with E-state index in [0.29, 0.717) is 40.0 Å². The molecule has 0 saturated carbocycles. The molecule has 0 aliphatic heterocycles. The second-order valence-corrected chi connectivity index (χ2v) is 10.7. The molecule has 0 radical (unpaired) electrons. The van der Waals surface area contributed by atoms with Crippen LogP contribution in [-0.2, 0) is 4.79 Å². The Bertz CT molecular complexity index is 1900. The fourth-order valence-electron chi connectivity index (χ4n) is 4.57. The summed E-state index contributed by atoms with van der Waals surface area (Å²) in [7, 11) is 0. The van der Waals surface area contributed by atoms with Crippen LogP contribution in [0, 0.1) is 17.0 Å². The van der Waals surface area contributed by atoms with Gasteiger partial charge in [-0.25, -0.2) is 18.7 Å². The van der Waals surface area contributed by atoms with Crippen LogP contribution >= 0.6 is 0 Å². The lowest BCUT2D eigenvalue weighted by atomic mass is 9.92. The summed E-state index contributed by atoms with van der Waals surface area (Å²) >= 11 is 0. The molecule has 0 atom stereocenters. The van der Waals surface area contributed by atoms with Crippen molar-refractivity contribution in [2.45, 2.75) is 27.2 Å². The van der Waals surface area contributed by atoms with Crippen molar-refractivity contribution in [1.82, 2.24) is 35.1 Å². The Morgan fingerprint density at radius 1 is 1.00 bits per heavy atom. The number of aromatic amines is 2. The zero-order valence-corrected chi connectivity index (χ0v) is 21.9. The number of nitrogens with one attached hydrogen (secondary N) is 3. The SMILES string of the molecule is CC(C)(C)CC(=O)Nc1cncc(-c2cnc3[nH]nc(-c4nc5c(-c6ccccc6F)nccc5[nH]4)c3c2F)c1. The van der Waals surface area contributed by atoms with Gasteiger partial charge in [0.2, 0.25) is 5.91 Å². The molecule has 9 nitrogen and oxygen atoms in total. The number of H-pyrrole nitrogens is 2. The predicted octanol–water partition coefficient (Wildman–Crippen LogP) is 6.28. The maximum absolute atomic E-state index is 16.1. The molecule has 0 spiro atoms. The van der Waals surface area contributed by atoms with Crippen molar-refractivity contribution in [1.29, 1.82) is 0 Å². The quantitative estimate of drug-likeness (QED) is 0.237. The van der Waals surface area contributed by atoms with Crippen LogP contribution in [0.2, 0.25) is 0 Å². The fourth-order valence-corrected chi connectivity index (χ4v) is 4.57. The monoisotopic (exact) mass is 538 g/mol. The molecule has 0 aliphatic rings. The van der Waals surface area contributed by atoms with Crippen molar-refractivity contribution >= 4 is 33.7 Å². The van der Waals surface area contributed by atoms with E-state index in [-0.39, 0.29) is 39.4 Å². The number of hydrogen-bond acceptors (Lipinski definition) is 6. The van der Waals surface area contributed by atoms with Gasteiger partial charge in [0.25, 0.3) is 0 Å². The van der Waals surface area contributed by atoms with Gasteiger partial charge in [-0.05, 0) is 29.7 Å². The molecule has 6 rings (SSSR count). The van der Waals surface area contributed by atoms with E-state index in [1.165, 1.54) is 24.7 Å². The fraction of sp³-hybridized carbons (Fsp3) is 0.172. The number of benzene rings is 1. The van der Waals surface area contributed by atoms with Crippen molar-refractivity contribution < 1.29 is 13.6 Å². The summed E-state index contributed by atoms with van der Waals surface area (Å²) in [5, 5.41) is 9.98. The van der Waals surface area contributed by atoms with Gasteiger partial charge >= 0.3 is 0 Å². The van der Waals surface area contributed by atoms with E-state index >= 15 is 4.39 Å².